The summed E-state index contributed by atoms with van der Waals surface area (Å²) in [5.41, 5.74) is -0.132. The number of amides is 1. The van der Waals surface area contributed by atoms with Gasteiger partial charge < -0.3 is 41.3 Å². The monoisotopic (exact) mass is 446 g/mol. The van der Waals surface area contributed by atoms with E-state index >= 15 is 0 Å². The Bertz CT molecular complexity index is 1110. The van der Waals surface area contributed by atoms with Gasteiger partial charge in [0.05, 0.1) is 16.7 Å². The largest absolute Gasteiger partial charge is 0.508 e. The van der Waals surface area contributed by atoms with Gasteiger partial charge in [-0.25, -0.2) is 0 Å². The van der Waals surface area contributed by atoms with Gasteiger partial charge in [0.2, 0.25) is 5.78 Å². The molecule has 32 heavy (non-hydrogen) atoms. The van der Waals surface area contributed by atoms with Crippen molar-refractivity contribution in [3.63, 3.8) is 0 Å². The molecule has 0 aliphatic heterocycles. The van der Waals surface area contributed by atoms with E-state index in [0.717, 1.165) is 0 Å². The highest BCUT2D eigenvalue weighted by Gasteiger charge is 2.66. The molecule has 1 unspecified atom stereocenters. The first kappa shape index (κ1) is 22.3. The van der Waals surface area contributed by atoms with Gasteiger partial charge in [-0.05, 0) is 39.1 Å². The molecule has 0 saturated heterocycles. The minimum atomic E-state index is -2.68. The van der Waals surface area contributed by atoms with Crippen LogP contribution in [-0.2, 0) is 15.2 Å². The van der Waals surface area contributed by atoms with Crippen molar-refractivity contribution in [1.29, 1.82) is 0 Å². The predicted octanol–water partition coefficient (Wildman–Crippen LogP) is -0.579. The molecule has 0 heterocycles. The smallest absolute Gasteiger partial charge is 0.250 e. The van der Waals surface area contributed by atoms with Crippen LogP contribution in [0.3, 0.4) is 0 Å². The molecule has 1 aromatic rings. The first-order valence-corrected chi connectivity index (χ1v) is 10.1. The Balaban J connectivity index is 2.04. The molecule has 1 amide bonds. The lowest BCUT2D eigenvalue weighted by Crippen LogP contribution is -2.67. The Hall–Kier alpha value is -2.92. The molecule has 1 saturated carbocycles. The molecule has 172 valence electrons. The number of likely N-dealkylation sites (N-methyl/N-ethyl adjacent to an activating group) is 1. The molecule has 0 aromatic heterocycles. The maximum absolute atomic E-state index is 13.7. The molecular weight excluding hydrogens is 420 g/mol. The fourth-order valence-corrected chi connectivity index (χ4v) is 5.70. The SMILES string of the molecule is CN(C)[C@@H]1C(O)C(C(N)=O)=C(O)[C@@]2(O)C(=O)C3=C(O)c4c(O)cccc4[C@@](C)(O)[C@H]3C[C@@H]12. The summed E-state index contributed by atoms with van der Waals surface area (Å²) < 4.78 is 0. The molecule has 6 atom stereocenters. The van der Waals surface area contributed by atoms with Gasteiger partial charge in [0.25, 0.3) is 5.91 Å². The quantitative estimate of drug-likeness (QED) is 0.312. The standard InChI is InChI=1S/C22H26N2O8/c1-21(31)8-5-4-6-11(25)12(8)16(26)13-9(21)7-10-15(24(2)3)17(27)14(20(23)30)19(29)22(10,32)18(13)28/h4-6,9-10,15,17,25-27,29,31-32H,7H2,1-3H3,(H2,23,30)/t9-,10-,15-,17?,21+,22-/m0/s1. The topological polar surface area (TPSA) is 185 Å². The minimum absolute atomic E-state index is 0.139. The Labute approximate surface area is 183 Å². The van der Waals surface area contributed by atoms with Crippen molar-refractivity contribution in [1.82, 2.24) is 4.90 Å². The third-order valence-corrected chi connectivity index (χ3v) is 7.23. The number of nitrogens with two attached hydrogens (primary N) is 1. The van der Waals surface area contributed by atoms with Crippen molar-refractivity contribution >= 4 is 17.4 Å². The van der Waals surface area contributed by atoms with Gasteiger partial charge in [0.1, 0.15) is 23.4 Å². The van der Waals surface area contributed by atoms with Gasteiger partial charge in [-0.1, -0.05) is 12.1 Å². The zero-order chi connectivity index (χ0) is 23.9. The van der Waals surface area contributed by atoms with Crippen LogP contribution in [-0.4, -0.2) is 79.1 Å². The van der Waals surface area contributed by atoms with E-state index in [9.17, 15) is 40.2 Å². The number of benzene rings is 1. The third kappa shape index (κ3) is 2.54. The fraction of sp³-hybridized carbons (Fsp3) is 0.455. The van der Waals surface area contributed by atoms with E-state index in [4.69, 9.17) is 5.73 Å². The van der Waals surface area contributed by atoms with Crippen molar-refractivity contribution in [3.8, 4) is 5.75 Å². The summed E-state index contributed by atoms with van der Waals surface area (Å²) in [6, 6.07) is 3.25. The molecule has 0 bridgehead atoms. The number of Topliss-reactive ketones (excluding diaryl/α,β-unsaturated/α-hetero) is 1. The van der Waals surface area contributed by atoms with E-state index in [1.165, 1.54) is 30.0 Å². The molecule has 1 aromatic carbocycles. The molecule has 8 N–H and O–H groups in total. The van der Waals surface area contributed by atoms with Crippen LogP contribution in [0.4, 0.5) is 0 Å². The summed E-state index contributed by atoms with van der Waals surface area (Å²) in [5.74, 6) is -6.63. The maximum Gasteiger partial charge on any atom is 0.250 e. The first-order chi connectivity index (χ1) is 14.8. The number of aliphatic hydroxyl groups is 5. The lowest BCUT2D eigenvalue weighted by atomic mass is 9.54. The molecule has 4 rings (SSSR count). The number of carbonyl (C=O) groups is 2. The number of aliphatic hydroxyl groups excluding tert-OH is 3. The summed E-state index contributed by atoms with van der Waals surface area (Å²) in [7, 11) is 3.13. The zero-order valence-electron chi connectivity index (χ0n) is 17.8. The summed E-state index contributed by atoms with van der Waals surface area (Å²) in [4.78, 5) is 27.2. The highest BCUT2D eigenvalue weighted by molar-refractivity contribution is 6.12. The first-order valence-electron chi connectivity index (χ1n) is 10.1. The Kier molecular flexibility index (Phi) is 4.73. The van der Waals surface area contributed by atoms with Gasteiger partial charge in [-0.15, -0.1) is 0 Å². The van der Waals surface area contributed by atoms with Crippen LogP contribution in [0.25, 0.3) is 5.76 Å². The van der Waals surface area contributed by atoms with Gasteiger partial charge in [0, 0.05) is 23.5 Å². The number of fused-ring (bicyclic) bond motifs is 3. The zero-order valence-corrected chi connectivity index (χ0v) is 17.8. The van der Waals surface area contributed by atoms with Crippen molar-refractivity contribution < 1.29 is 40.2 Å². The van der Waals surface area contributed by atoms with E-state index in [1.807, 2.05) is 0 Å². The van der Waals surface area contributed by atoms with Gasteiger partial charge in [-0.3, -0.25) is 9.59 Å². The average molecular weight is 446 g/mol. The molecule has 10 nitrogen and oxygen atoms in total. The molecule has 1 fully saturated rings. The normalized spacial score (nSPS) is 36.7. The van der Waals surface area contributed by atoms with E-state index in [-0.39, 0.29) is 28.9 Å². The van der Waals surface area contributed by atoms with E-state index < -0.39 is 64.0 Å². The number of carbonyl (C=O) groups excluding carboxylic acids is 2. The van der Waals surface area contributed by atoms with Crippen molar-refractivity contribution in [3.05, 3.63) is 46.2 Å². The van der Waals surface area contributed by atoms with Crippen LogP contribution in [0, 0.1) is 11.8 Å². The Morgan fingerprint density at radius 2 is 1.81 bits per heavy atom. The van der Waals surface area contributed by atoms with Gasteiger partial charge in [0.15, 0.2) is 5.60 Å². The molecule has 0 radical (unpaired) electrons. The minimum Gasteiger partial charge on any atom is -0.508 e. The van der Waals surface area contributed by atoms with Gasteiger partial charge in [-0.2, -0.15) is 0 Å². The second kappa shape index (κ2) is 6.79. The summed E-state index contributed by atoms with van der Waals surface area (Å²) in [6.07, 6.45) is -1.75. The number of rotatable bonds is 2. The van der Waals surface area contributed by atoms with Crippen LogP contribution in [0.1, 0.15) is 24.5 Å². The number of aromatic hydroxyl groups is 1. The van der Waals surface area contributed by atoms with Crippen LogP contribution < -0.4 is 5.73 Å². The fourth-order valence-electron chi connectivity index (χ4n) is 5.70. The molecule has 3 aliphatic carbocycles. The second-order valence-electron chi connectivity index (χ2n) is 9.13. The van der Waals surface area contributed by atoms with Crippen LogP contribution in [0.15, 0.2) is 35.1 Å². The van der Waals surface area contributed by atoms with E-state index in [2.05, 4.69) is 0 Å². The highest BCUT2D eigenvalue weighted by atomic mass is 16.4. The highest BCUT2D eigenvalue weighted by Crippen LogP contribution is 2.57. The summed E-state index contributed by atoms with van der Waals surface area (Å²) in [6.45, 7) is 1.43. The van der Waals surface area contributed by atoms with Crippen LogP contribution >= 0.6 is 0 Å². The van der Waals surface area contributed by atoms with E-state index in [0.29, 0.717) is 0 Å². The van der Waals surface area contributed by atoms with Crippen LogP contribution in [0.5, 0.6) is 5.75 Å². The number of phenols is 1. The number of nitrogens with zero attached hydrogens (tertiary/aromatic N) is 1. The number of hydrogen-bond acceptors (Lipinski definition) is 9. The Morgan fingerprint density at radius 1 is 1.19 bits per heavy atom. The van der Waals surface area contributed by atoms with E-state index in [1.54, 1.807) is 14.1 Å². The van der Waals surface area contributed by atoms with Crippen LogP contribution in [0.2, 0.25) is 0 Å². The number of phenolic OH excluding ortho intramolecular Hbond substituents is 1. The van der Waals surface area contributed by atoms with Crippen molar-refractivity contribution in [2.75, 3.05) is 14.1 Å². The lowest BCUT2D eigenvalue weighted by Gasteiger charge is -2.54. The molecular formula is C22H26N2O8. The number of ketones is 1. The van der Waals surface area contributed by atoms with Crippen molar-refractivity contribution in [2.24, 2.45) is 17.6 Å². The number of hydrogen-bond donors (Lipinski definition) is 7. The Morgan fingerprint density at radius 3 is 2.38 bits per heavy atom. The molecule has 0 spiro atoms. The maximum atomic E-state index is 13.7. The average Bonchev–Trinajstić information content (AvgIpc) is 2.68. The molecule has 10 heteroatoms. The van der Waals surface area contributed by atoms with Gasteiger partial charge >= 0.3 is 0 Å². The second-order valence-corrected chi connectivity index (χ2v) is 9.13. The number of primary amides is 1. The third-order valence-electron chi connectivity index (χ3n) is 7.23. The van der Waals surface area contributed by atoms with Crippen molar-refractivity contribution in [2.45, 2.75) is 36.7 Å². The summed E-state index contributed by atoms with van der Waals surface area (Å²) >= 11 is 0. The molecule has 3 aliphatic rings. The predicted molar refractivity (Wildman–Crippen MR) is 111 cm³/mol. The summed E-state index contributed by atoms with van der Waals surface area (Å²) in [5, 5.41) is 65.9. The lowest BCUT2D eigenvalue weighted by molar-refractivity contribution is -0.161.